The Balaban J connectivity index is 1.66. The Kier molecular flexibility index (Phi) is 5.07. The van der Waals surface area contributed by atoms with Gasteiger partial charge in [0.05, 0.1) is 0 Å². The van der Waals surface area contributed by atoms with Crippen molar-refractivity contribution >= 4 is 0 Å². The molecule has 134 valence electrons. The molecule has 1 aliphatic carbocycles. The third-order valence-electron chi connectivity index (χ3n) is 4.93. The molecule has 3 aromatic rings. The highest BCUT2D eigenvalue weighted by atomic mass is 19.1. The molecule has 1 saturated carbocycles. The number of halogens is 1. The highest BCUT2D eigenvalue weighted by Crippen LogP contribution is 2.29. The van der Waals surface area contributed by atoms with E-state index in [9.17, 15) is 4.39 Å². The van der Waals surface area contributed by atoms with E-state index in [4.69, 9.17) is 4.42 Å². The zero-order valence-corrected chi connectivity index (χ0v) is 14.6. The lowest BCUT2D eigenvalue weighted by Crippen LogP contribution is -2.35. The maximum atomic E-state index is 14.5. The first-order valence-electron chi connectivity index (χ1n) is 9.20. The normalized spacial score (nSPS) is 16.5. The number of aromatic nitrogens is 2. The van der Waals surface area contributed by atoms with Gasteiger partial charge in [0.2, 0.25) is 11.8 Å². The van der Waals surface area contributed by atoms with Crippen molar-refractivity contribution in [3.63, 3.8) is 0 Å². The van der Waals surface area contributed by atoms with Crippen molar-refractivity contribution < 1.29 is 8.81 Å². The molecule has 0 unspecified atom stereocenters. The molecule has 1 aliphatic rings. The second-order valence-electron chi connectivity index (χ2n) is 6.77. The quantitative estimate of drug-likeness (QED) is 0.711. The smallest absolute Gasteiger partial charge is 0.247 e. The largest absolute Gasteiger partial charge is 0.419 e. The summed E-state index contributed by atoms with van der Waals surface area (Å²) >= 11 is 0. The Morgan fingerprint density at radius 2 is 1.65 bits per heavy atom. The minimum absolute atomic E-state index is 0.264. The van der Waals surface area contributed by atoms with Gasteiger partial charge in [-0.25, -0.2) is 4.39 Å². The van der Waals surface area contributed by atoms with Gasteiger partial charge < -0.3 is 4.42 Å². The van der Waals surface area contributed by atoms with Gasteiger partial charge in [-0.1, -0.05) is 55.7 Å². The predicted molar refractivity (Wildman–Crippen MR) is 98.0 cm³/mol. The standard InChI is InChI=1S/C21H22FN3O/c22-18-14-8-7-13-17(18)19(23-16-11-5-2-6-12-16)21-25-24-20(26-21)15-9-3-1-4-10-15/h1,3-4,7-10,13-14,16,19,23H,2,5-6,11-12H2/t19-/m1/s1. The topological polar surface area (TPSA) is 51.0 Å². The lowest BCUT2D eigenvalue weighted by Gasteiger charge is -2.27. The summed E-state index contributed by atoms with van der Waals surface area (Å²) in [6.07, 6.45) is 5.83. The lowest BCUT2D eigenvalue weighted by molar-refractivity contribution is 0.326. The number of nitrogens with one attached hydrogen (secondary N) is 1. The Labute approximate surface area is 152 Å². The number of benzene rings is 2. The summed E-state index contributed by atoms with van der Waals surface area (Å²) < 4.78 is 20.4. The molecule has 1 heterocycles. The van der Waals surface area contributed by atoms with Crippen molar-refractivity contribution in [3.8, 4) is 11.5 Å². The highest BCUT2D eigenvalue weighted by Gasteiger charge is 2.27. The van der Waals surface area contributed by atoms with Gasteiger partial charge in [-0.3, -0.25) is 5.32 Å². The van der Waals surface area contributed by atoms with Crippen LogP contribution in [0.2, 0.25) is 0 Å². The molecule has 0 amide bonds. The van der Waals surface area contributed by atoms with Crippen molar-refractivity contribution in [3.05, 3.63) is 71.9 Å². The molecule has 2 aromatic carbocycles. The Bertz CT molecular complexity index is 843. The van der Waals surface area contributed by atoms with E-state index in [1.165, 1.54) is 25.3 Å². The van der Waals surface area contributed by atoms with E-state index in [1.807, 2.05) is 36.4 Å². The van der Waals surface area contributed by atoms with Gasteiger partial charge in [0.25, 0.3) is 0 Å². The molecule has 0 aliphatic heterocycles. The third-order valence-corrected chi connectivity index (χ3v) is 4.93. The van der Waals surface area contributed by atoms with Gasteiger partial charge in [-0.05, 0) is 31.0 Å². The van der Waals surface area contributed by atoms with Crippen LogP contribution in [0, 0.1) is 5.82 Å². The monoisotopic (exact) mass is 351 g/mol. The average molecular weight is 351 g/mol. The van der Waals surface area contributed by atoms with Gasteiger partial charge in [0, 0.05) is 17.2 Å². The molecule has 4 nitrogen and oxygen atoms in total. The summed E-state index contributed by atoms with van der Waals surface area (Å²) in [6.45, 7) is 0. The van der Waals surface area contributed by atoms with Crippen molar-refractivity contribution in [2.75, 3.05) is 0 Å². The fraction of sp³-hybridized carbons (Fsp3) is 0.333. The van der Waals surface area contributed by atoms with Crippen LogP contribution >= 0.6 is 0 Å². The first-order chi connectivity index (χ1) is 12.8. The molecule has 0 spiro atoms. The van der Waals surface area contributed by atoms with Gasteiger partial charge in [0.15, 0.2) is 0 Å². The molecule has 0 radical (unpaired) electrons. The van der Waals surface area contributed by atoms with Crippen LogP contribution in [0.4, 0.5) is 4.39 Å². The summed E-state index contributed by atoms with van der Waals surface area (Å²) in [5, 5.41) is 12.0. The van der Waals surface area contributed by atoms with Crippen LogP contribution < -0.4 is 5.32 Å². The van der Waals surface area contributed by atoms with E-state index in [2.05, 4.69) is 15.5 Å². The minimum Gasteiger partial charge on any atom is -0.419 e. The van der Waals surface area contributed by atoms with E-state index < -0.39 is 6.04 Å². The molecule has 1 aromatic heterocycles. The zero-order valence-electron chi connectivity index (χ0n) is 14.6. The maximum absolute atomic E-state index is 14.5. The van der Waals surface area contributed by atoms with Gasteiger partial charge >= 0.3 is 0 Å². The Hall–Kier alpha value is -2.53. The second-order valence-corrected chi connectivity index (χ2v) is 6.77. The first kappa shape index (κ1) is 16.9. The van der Waals surface area contributed by atoms with Crippen LogP contribution in [-0.2, 0) is 0 Å². The fourth-order valence-electron chi connectivity index (χ4n) is 3.56. The molecule has 4 rings (SSSR count). The van der Waals surface area contributed by atoms with Gasteiger partial charge in [-0.15, -0.1) is 10.2 Å². The van der Waals surface area contributed by atoms with Gasteiger partial charge in [0.1, 0.15) is 11.9 Å². The van der Waals surface area contributed by atoms with Crippen LogP contribution in [0.25, 0.3) is 11.5 Å². The van der Waals surface area contributed by atoms with E-state index in [0.717, 1.165) is 18.4 Å². The zero-order chi connectivity index (χ0) is 17.8. The molecule has 1 fully saturated rings. The molecule has 26 heavy (non-hydrogen) atoms. The molecule has 0 saturated heterocycles. The van der Waals surface area contributed by atoms with Crippen molar-refractivity contribution in [2.45, 2.75) is 44.2 Å². The third kappa shape index (κ3) is 3.68. The summed E-state index contributed by atoms with van der Waals surface area (Å²) in [6, 6.07) is 16.3. The van der Waals surface area contributed by atoms with Crippen LogP contribution in [-0.4, -0.2) is 16.2 Å². The molecule has 5 heteroatoms. The first-order valence-corrected chi connectivity index (χ1v) is 9.20. The van der Waals surface area contributed by atoms with Crippen LogP contribution in [0.15, 0.2) is 59.0 Å². The molecular formula is C21H22FN3O. The Morgan fingerprint density at radius 1 is 0.923 bits per heavy atom. The number of nitrogens with zero attached hydrogens (tertiary/aromatic N) is 2. The van der Waals surface area contributed by atoms with E-state index in [1.54, 1.807) is 12.1 Å². The summed E-state index contributed by atoms with van der Waals surface area (Å²) in [4.78, 5) is 0. The van der Waals surface area contributed by atoms with Crippen molar-refractivity contribution in [1.29, 1.82) is 0 Å². The summed E-state index contributed by atoms with van der Waals surface area (Å²) in [5.41, 5.74) is 1.40. The van der Waals surface area contributed by atoms with Crippen LogP contribution in [0.5, 0.6) is 0 Å². The van der Waals surface area contributed by atoms with E-state index >= 15 is 0 Å². The average Bonchev–Trinajstić information content (AvgIpc) is 3.18. The number of rotatable bonds is 5. The highest BCUT2D eigenvalue weighted by molar-refractivity contribution is 5.51. The van der Waals surface area contributed by atoms with Crippen molar-refractivity contribution in [1.82, 2.24) is 15.5 Å². The van der Waals surface area contributed by atoms with Crippen LogP contribution in [0.1, 0.15) is 49.6 Å². The SMILES string of the molecule is Fc1ccccc1[C@@H](NC1CCCCC1)c1nnc(-c2ccccc2)o1. The summed E-state index contributed by atoms with van der Waals surface area (Å²) in [7, 11) is 0. The molecule has 0 bridgehead atoms. The summed E-state index contributed by atoms with van der Waals surface area (Å²) in [5.74, 6) is 0.590. The molecule has 1 atom stereocenters. The van der Waals surface area contributed by atoms with Gasteiger partial charge in [-0.2, -0.15) is 0 Å². The minimum atomic E-state index is -0.440. The number of hydrogen-bond donors (Lipinski definition) is 1. The molecular weight excluding hydrogens is 329 g/mol. The maximum Gasteiger partial charge on any atom is 0.247 e. The van der Waals surface area contributed by atoms with E-state index in [-0.39, 0.29) is 5.82 Å². The number of hydrogen-bond acceptors (Lipinski definition) is 4. The Morgan fingerprint density at radius 3 is 2.42 bits per heavy atom. The lowest BCUT2D eigenvalue weighted by atomic mass is 9.94. The predicted octanol–water partition coefficient (Wildman–Crippen LogP) is 4.89. The second kappa shape index (κ2) is 7.79. The molecule has 1 N–H and O–H groups in total. The van der Waals surface area contributed by atoms with Crippen LogP contribution in [0.3, 0.4) is 0 Å². The van der Waals surface area contributed by atoms with Crippen molar-refractivity contribution in [2.24, 2.45) is 0 Å². The van der Waals surface area contributed by atoms with E-state index in [0.29, 0.717) is 23.4 Å². The fourth-order valence-corrected chi connectivity index (χ4v) is 3.56.